The van der Waals surface area contributed by atoms with Crippen LogP contribution in [0.4, 0.5) is 4.39 Å². The Hall–Kier alpha value is -2.36. The van der Waals surface area contributed by atoms with Crippen LogP contribution in [0.15, 0.2) is 40.8 Å². The van der Waals surface area contributed by atoms with E-state index in [1.807, 2.05) is 0 Å². The molecule has 0 aliphatic carbocycles. The van der Waals surface area contributed by atoms with E-state index in [1.54, 1.807) is 30.3 Å². The second kappa shape index (κ2) is 3.84. The standard InChI is InChI=1S/C14H9FO3/c1-17-14(16)8-5-6-11-9(7-8)13-10(15)3-2-4-12(13)18-11/h2-7H,1H3. The summed E-state index contributed by atoms with van der Waals surface area (Å²) in [5.41, 5.74) is 1.38. The summed E-state index contributed by atoms with van der Waals surface area (Å²) in [5, 5.41) is 0.962. The Balaban J connectivity index is 2.38. The SMILES string of the molecule is COC(=O)c1ccc2oc3cccc(F)c3c2c1. The zero-order valence-corrected chi connectivity index (χ0v) is 9.57. The summed E-state index contributed by atoms with van der Waals surface area (Å²) in [7, 11) is 1.31. The van der Waals surface area contributed by atoms with Crippen LogP contribution in [0.5, 0.6) is 0 Å². The summed E-state index contributed by atoms with van der Waals surface area (Å²) in [6.07, 6.45) is 0. The van der Waals surface area contributed by atoms with Crippen molar-refractivity contribution in [1.82, 2.24) is 0 Å². The number of carbonyl (C=O) groups excluding carboxylic acids is 1. The maximum absolute atomic E-state index is 13.8. The third-order valence-electron chi connectivity index (χ3n) is 2.87. The number of methoxy groups -OCH3 is 1. The number of rotatable bonds is 1. The fourth-order valence-corrected chi connectivity index (χ4v) is 2.03. The molecule has 3 nitrogen and oxygen atoms in total. The van der Waals surface area contributed by atoms with Crippen molar-refractivity contribution in [3.8, 4) is 0 Å². The molecule has 4 heteroatoms. The van der Waals surface area contributed by atoms with Crippen molar-refractivity contribution in [2.75, 3.05) is 7.11 Å². The highest BCUT2D eigenvalue weighted by Crippen LogP contribution is 2.31. The van der Waals surface area contributed by atoms with Gasteiger partial charge in [0.05, 0.1) is 18.1 Å². The Morgan fingerprint density at radius 1 is 1.22 bits per heavy atom. The van der Waals surface area contributed by atoms with Crippen LogP contribution in [-0.4, -0.2) is 13.1 Å². The number of hydrogen-bond acceptors (Lipinski definition) is 3. The molecule has 0 spiro atoms. The lowest BCUT2D eigenvalue weighted by Gasteiger charge is -1.98. The van der Waals surface area contributed by atoms with Gasteiger partial charge in [0.25, 0.3) is 0 Å². The molecule has 0 saturated carbocycles. The van der Waals surface area contributed by atoms with Gasteiger partial charge in [0.2, 0.25) is 0 Å². The van der Waals surface area contributed by atoms with Gasteiger partial charge in [-0.25, -0.2) is 9.18 Å². The van der Waals surface area contributed by atoms with Crippen molar-refractivity contribution in [3.63, 3.8) is 0 Å². The van der Waals surface area contributed by atoms with Crippen LogP contribution in [0, 0.1) is 5.82 Å². The molecule has 1 aromatic heterocycles. The van der Waals surface area contributed by atoms with Gasteiger partial charge in [-0.15, -0.1) is 0 Å². The van der Waals surface area contributed by atoms with Gasteiger partial charge in [-0.05, 0) is 30.3 Å². The summed E-state index contributed by atoms with van der Waals surface area (Å²) in [6.45, 7) is 0. The van der Waals surface area contributed by atoms with E-state index >= 15 is 0 Å². The van der Waals surface area contributed by atoms with Crippen LogP contribution in [0.3, 0.4) is 0 Å². The summed E-state index contributed by atoms with van der Waals surface area (Å²) < 4.78 is 23.9. The molecule has 0 radical (unpaired) electrons. The van der Waals surface area contributed by atoms with Gasteiger partial charge in [0.15, 0.2) is 0 Å². The normalized spacial score (nSPS) is 11.0. The predicted molar refractivity (Wildman–Crippen MR) is 65.0 cm³/mol. The third kappa shape index (κ3) is 1.46. The minimum atomic E-state index is -0.456. The maximum Gasteiger partial charge on any atom is 0.337 e. The molecule has 18 heavy (non-hydrogen) atoms. The van der Waals surface area contributed by atoms with Crippen molar-refractivity contribution < 1.29 is 18.3 Å². The number of benzene rings is 2. The smallest absolute Gasteiger partial charge is 0.337 e. The number of ether oxygens (including phenoxy) is 1. The van der Waals surface area contributed by atoms with E-state index in [4.69, 9.17) is 4.42 Å². The van der Waals surface area contributed by atoms with E-state index in [9.17, 15) is 9.18 Å². The highest BCUT2D eigenvalue weighted by atomic mass is 19.1. The van der Waals surface area contributed by atoms with Crippen molar-refractivity contribution in [2.45, 2.75) is 0 Å². The molecule has 0 atom stereocenters. The Labute approximate surface area is 102 Å². The van der Waals surface area contributed by atoms with E-state index in [-0.39, 0.29) is 5.82 Å². The van der Waals surface area contributed by atoms with Crippen molar-refractivity contribution in [2.24, 2.45) is 0 Å². The minimum Gasteiger partial charge on any atom is -0.465 e. The Morgan fingerprint density at radius 3 is 2.83 bits per heavy atom. The Kier molecular flexibility index (Phi) is 2.30. The van der Waals surface area contributed by atoms with Crippen LogP contribution < -0.4 is 0 Å². The first-order valence-electron chi connectivity index (χ1n) is 5.40. The number of hydrogen-bond donors (Lipinski definition) is 0. The highest BCUT2D eigenvalue weighted by molar-refractivity contribution is 6.07. The first-order chi connectivity index (χ1) is 8.70. The minimum absolute atomic E-state index is 0.367. The van der Waals surface area contributed by atoms with Crippen molar-refractivity contribution in [1.29, 1.82) is 0 Å². The van der Waals surface area contributed by atoms with Gasteiger partial charge < -0.3 is 9.15 Å². The molecule has 2 aromatic carbocycles. The Morgan fingerprint density at radius 2 is 2.06 bits per heavy atom. The molecule has 0 aliphatic rings. The number of halogens is 1. The average Bonchev–Trinajstić information content (AvgIpc) is 2.76. The molecule has 0 fully saturated rings. The van der Waals surface area contributed by atoms with Crippen molar-refractivity contribution >= 4 is 27.9 Å². The summed E-state index contributed by atoms with van der Waals surface area (Å²) in [5.74, 6) is -0.823. The molecule has 0 unspecified atom stereocenters. The van der Waals surface area contributed by atoms with E-state index < -0.39 is 5.97 Å². The van der Waals surface area contributed by atoms with Crippen LogP contribution >= 0.6 is 0 Å². The first-order valence-corrected chi connectivity index (χ1v) is 5.40. The van der Waals surface area contributed by atoms with E-state index in [0.717, 1.165) is 0 Å². The van der Waals surface area contributed by atoms with E-state index in [1.165, 1.54) is 13.2 Å². The van der Waals surface area contributed by atoms with Crippen LogP contribution in [0.2, 0.25) is 0 Å². The molecule has 0 aliphatic heterocycles. The zero-order chi connectivity index (χ0) is 12.7. The Bertz CT molecular complexity index is 758. The fourth-order valence-electron chi connectivity index (χ4n) is 2.03. The van der Waals surface area contributed by atoms with Gasteiger partial charge in [0, 0.05) is 5.39 Å². The predicted octanol–water partition coefficient (Wildman–Crippen LogP) is 3.51. The number of fused-ring (bicyclic) bond motifs is 3. The lowest BCUT2D eigenvalue weighted by Crippen LogP contribution is -2.00. The zero-order valence-electron chi connectivity index (χ0n) is 9.57. The number of furan rings is 1. The fraction of sp³-hybridized carbons (Fsp3) is 0.0714. The lowest BCUT2D eigenvalue weighted by molar-refractivity contribution is 0.0601. The van der Waals surface area contributed by atoms with Crippen LogP contribution in [0.1, 0.15) is 10.4 Å². The van der Waals surface area contributed by atoms with Gasteiger partial charge in [0.1, 0.15) is 17.0 Å². The number of esters is 1. The number of carbonyl (C=O) groups is 1. The molecule has 0 bridgehead atoms. The molecular weight excluding hydrogens is 235 g/mol. The first kappa shape index (κ1) is 10.8. The quantitative estimate of drug-likeness (QED) is 0.615. The maximum atomic E-state index is 13.8. The molecular formula is C14H9FO3. The van der Waals surface area contributed by atoms with Crippen LogP contribution in [0.25, 0.3) is 21.9 Å². The van der Waals surface area contributed by atoms with E-state index in [0.29, 0.717) is 27.5 Å². The molecule has 3 rings (SSSR count). The molecule has 0 N–H and O–H groups in total. The van der Waals surface area contributed by atoms with Gasteiger partial charge in [-0.2, -0.15) is 0 Å². The molecule has 1 heterocycles. The topological polar surface area (TPSA) is 39.4 Å². The molecule has 90 valence electrons. The average molecular weight is 244 g/mol. The highest BCUT2D eigenvalue weighted by Gasteiger charge is 2.13. The van der Waals surface area contributed by atoms with Crippen LogP contribution in [-0.2, 0) is 4.74 Å². The van der Waals surface area contributed by atoms with Crippen molar-refractivity contribution in [3.05, 3.63) is 47.8 Å². The molecule has 3 aromatic rings. The lowest BCUT2D eigenvalue weighted by atomic mass is 10.1. The third-order valence-corrected chi connectivity index (χ3v) is 2.87. The second-order valence-electron chi connectivity index (χ2n) is 3.92. The summed E-state index contributed by atoms with van der Waals surface area (Å²) >= 11 is 0. The van der Waals surface area contributed by atoms with Gasteiger partial charge >= 0.3 is 5.97 Å². The summed E-state index contributed by atoms with van der Waals surface area (Å²) in [6, 6.07) is 9.45. The van der Waals surface area contributed by atoms with Gasteiger partial charge in [-0.3, -0.25) is 0 Å². The second-order valence-corrected chi connectivity index (χ2v) is 3.92. The monoisotopic (exact) mass is 244 g/mol. The van der Waals surface area contributed by atoms with Gasteiger partial charge in [-0.1, -0.05) is 6.07 Å². The summed E-state index contributed by atoms with van der Waals surface area (Å²) in [4.78, 5) is 11.5. The molecule has 0 amide bonds. The largest absolute Gasteiger partial charge is 0.465 e. The van der Waals surface area contributed by atoms with E-state index in [2.05, 4.69) is 4.74 Å². The molecule has 0 saturated heterocycles.